The van der Waals surface area contributed by atoms with E-state index in [2.05, 4.69) is 103 Å². The van der Waals surface area contributed by atoms with Crippen molar-refractivity contribution in [3.8, 4) is 5.75 Å². The van der Waals surface area contributed by atoms with E-state index < -0.39 is 0 Å². The Kier molecular flexibility index (Phi) is 9.71. The second kappa shape index (κ2) is 11.0. The van der Waals surface area contributed by atoms with Crippen LogP contribution in [0.2, 0.25) is 0 Å². The summed E-state index contributed by atoms with van der Waals surface area (Å²) in [6.07, 6.45) is 2.30. The number of para-hydroxylation sites is 1. The first-order chi connectivity index (χ1) is 13.2. The zero-order chi connectivity index (χ0) is 20.8. The van der Waals surface area contributed by atoms with Gasteiger partial charge in [0.2, 0.25) is 0 Å². The highest BCUT2D eigenvalue weighted by Crippen LogP contribution is 2.37. The van der Waals surface area contributed by atoms with Crippen LogP contribution in [0.5, 0.6) is 5.75 Å². The second-order valence-corrected chi connectivity index (χ2v) is 9.80. The fourth-order valence-electron chi connectivity index (χ4n) is 4.53. The molecule has 0 unspecified atom stereocenters. The number of ether oxygens (including phenoxy) is 1. The van der Waals surface area contributed by atoms with E-state index in [0.29, 0.717) is 11.8 Å². The Hall–Kier alpha value is -1.51. The average molecular weight is 418 g/mol. The Morgan fingerprint density at radius 3 is 1.86 bits per heavy atom. The summed E-state index contributed by atoms with van der Waals surface area (Å²) >= 11 is 0. The van der Waals surface area contributed by atoms with Gasteiger partial charge < -0.3 is 21.6 Å². The molecule has 2 rings (SSSR count). The minimum Gasteiger partial charge on any atom is -1.00 e. The minimum absolute atomic E-state index is 0. The van der Waals surface area contributed by atoms with Crippen LogP contribution in [0.3, 0.4) is 0 Å². The van der Waals surface area contributed by atoms with Crippen LogP contribution in [0, 0.1) is 18.8 Å². The van der Waals surface area contributed by atoms with Crippen molar-refractivity contribution < 1.29 is 21.6 Å². The molecule has 0 aliphatic heterocycles. The SMILES string of the molecule is Cc1ccccc1OCC(CC(C)C)(CC(C)C)[N+](C)(C)Cc1ccccc1.[Cl-]. The van der Waals surface area contributed by atoms with E-state index in [4.69, 9.17) is 4.74 Å². The summed E-state index contributed by atoms with van der Waals surface area (Å²) in [5.41, 5.74) is 2.65. The van der Waals surface area contributed by atoms with Crippen molar-refractivity contribution in [3.05, 3.63) is 65.7 Å². The molecule has 0 bridgehead atoms. The van der Waals surface area contributed by atoms with Gasteiger partial charge in [-0.1, -0.05) is 76.2 Å². The van der Waals surface area contributed by atoms with Crippen molar-refractivity contribution >= 4 is 0 Å². The number of nitrogens with zero attached hydrogens (tertiary/aromatic N) is 1. The zero-order valence-electron chi connectivity index (χ0n) is 19.4. The molecule has 0 radical (unpaired) electrons. The minimum atomic E-state index is 0. The maximum absolute atomic E-state index is 6.51. The molecule has 0 aliphatic carbocycles. The normalized spacial score (nSPS) is 12.2. The van der Waals surface area contributed by atoms with E-state index in [1.54, 1.807) is 0 Å². The van der Waals surface area contributed by atoms with Crippen LogP contribution in [-0.2, 0) is 6.54 Å². The summed E-state index contributed by atoms with van der Waals surface area (Å²) in [6.45, 7) is 13.2. The van der Waals surface area contributed by atoms with E-state index in [0.717, 1.165) is 36.2 Å². The second-order valence-electron chi connectivity index (χ2n) is 9.80. The number of likely N-dealkylation sites (N-methyl/N-ethyl adjacent to an activating group) is 1. The van der Waals surface area contributed by atoms with Crippen molar-refractivity contribution in [1.29, 1.82) is 0 Å². The van der Waals surface area contributed by atoms with Gasteiger partial charge in [-0.05, 0) is 30.4 Å². The Bertz CT molecular complexity index is 714. The van der Waals surface area contributed by atoms with Crippen LogP contribution >= 0.6 is 0 Å². The van der Waals surface area contributed by atoms with Gasteiger partial charge >= 0.3 is 0 Å². The van der Waals surface area contributed by atoms with Crippen molar-refractivity contribution in [2.75, 3.05) is 20.7 Å². The Labute approximate surface area is 185 Å². The van der Waals surface area contributed by atoms with Crippen LogP contribution in [0.4, 0.5) is 0 Å². The standard InChI is InChI=1S/C26H40NO.ClH/c1-21(2)17-26(18-22(3)4,20-28-25-16-12-11-13-23(25)5)27(6,7)19-24-14-9-8-10-15-24;/h8-16,21-22H,17-20H2,1-7H3;1H/q+1;/p-1. The fourth-order valence-corrected chi connectivity index (χ4v) is 4.53. The number of benzene rings is 2. The lowest BCUT2D eigenvalue weighted by atomic mass is 9.79. The van der Waals surface area contributed by atoms with E-state index in [-0.39, 0.29) is 17.9 Å². The van der Waals surface area contributed by atoms with Crippen molar-refractivity contribution in [2.24, 2.45) is 11.8 Å². The van der Waals surface area contributed by atoms with Gasteiger partial charge in [0.15, 0.2) is 0 Å². The van der Waals surface area contributed by atoms with Crippen LogP contribution in [-0.4, -0.2) is 30.7 Å². The summed E-state index contributed by atoms with van der Waals surface area (Å²) in [7, 11) is 4.78. The van der Waals surface area contributed by atoms with E-state index in [1.165, 1.54) is 11.1 Å². The third-order valence-electron chi connectivity index (χ3n) is 5.87. The molecule has 0 heterocycles. The van der Waals surface area contributed by atoms with Gasteiger partial charge in [0.1, 0.15) is 24.4 Å². The van der Waals surface area contributed by atoms with Crippen molar-refractivity contribution in [2.45, 2.75) is 59.5 Å². The average Bonchev–Trinajstić information content (AvgIpc) is 2.60. The summed E-state index contributed by atoms with van der Waals surface area (Å²) in [5.74, 6) is 2.25. The maximum Gasteiger partial charge on any atom is 0.143 e. The molecule has 0 fully saturated rings. The number of rotatable bonds is 10. The van der Waals surface area contributed by atoms with E-state index >= 15 is 0 Å². The lowest BCUT2D eigenvalue weighted by Crippen LogP contribution is -3.00. The molecular formula is C26H40ClNO. The first-order valence-corrected chi connectivity index (χ1v) is 10.7. The molecule has 0 atom stereocenters. The van der Waals surface area contributed by atoms with Crippen molar-refractivity contribution in [3.63, 3.8) is 0 Å². The lowest BCUT2D eigenvalue weighted by molar-refractivity contribution is -0.956. The van der Waals surface area contributed by atoms with Crippen molar-refractivity contribution in [1.82, 2.24) is 0 Å². The fraction of sp³-hybridized carbons (Fsp3) is 0.538. The van der Waals surface area contributed by atoms with Gasteiger partial charge in [-0.25, -0.2) is 0 Å². The number of hydrogen-bond acceptors (Lipinski definition) is 1. The molecule has 0 N–H and O–H groups in total. The molecule has 0 spiro atoms. The zero-order valence-corrected chi connectivity index (χ0v) is 20.2. The highest BCUT2D eigenvalue weighted by Gasteiger charge is 2.47. The molecule has 0 aromatic heterocycles. The maximum atomic E-state index is 6.51. The highest BCUT2D eigenvalue weighted by molar-refractivity contribution is 5.31. The van der Waals surface area contributed by atoms with E-state index in [1.807, 2.05) is 0 Å². The van der Waals surface area contributed by atoms with Gasteiger partial charge in [-0.15, -0.1) is 0 Å². The lowest BCUT2D eigenvalue weighted by Gasteiger charge is -2.50. The predicted molar refractivity (Wildman–Crippen MR) is 121 cm³/mol. The highest BCUT2D eigenvalue weighted by atomic mass is 35.5. The Morgan fingerprint density at radius 2 is 1.34 bits per heavy atom. The van der Waals surface area contributed by atoms with Gasteiger partial charge in [0.25, 0.3) is 0 Å². The van der Waals surface area contributed by atoms with Gasteiger partial charge in [-0.2, -0.15) is 0 Å². The summed E-state index contributed by atoms with van der Waals surface area (Å²) in [5, 5.41) is 0. The van der Waals surface area contributed by atoms with Crippen LogP contribution in [0.1, 0.15) is 51.7 Å². The van der Waals surface area contributed by atoms with Gasteiger partial charge in [-0.3, -0.25) is 0 Å². The molecule has 0 amide bonds. The molecule has 3 heteroatoms. The van der Waals surface area contributed by atoms with Crippen LogP contribution < -0.4 is 17.1 Å². The van der Waals surface area contributed by atoms with Crippen LogP contribution in [0.25, 0.3) is 0 Å². The monoisotopic (exact) mass is 417 g/mol. The van der Waals surface area contributed by atoms with Gasteiger partial charge in [0.05, 0.1) is 14.1 Å². The Balaban J connectivity index is 0.00000420. The molecule has 162 valence electrons. The molecule has 0 saturated heterocycles. The summed E-state index contributed by atoms with van der Waals surface area (Å²) in [4.78, 5) is 0. The molecule has 0 aliphatic rings. The first kappa shape index (κ1) is 25.5. The third-order valence-corrected chi connectivity index (χ3v) is 5.87. The molecule has 2 aromatic carbocycles. The molecule has 0 saturated carbocycles. The topological polar surface area (TPSA) is 9.23 Å². The van der Waals surface area contributed by atoms with E-state index in [9.17, 15) is 0 Å². The Morgan fingerprint density at radius 1 is 0.828 bits per heavy atom. The molecule has 2 aromatic rings. The first-order valence-electron chi connectivity index (χ1n) is 10.7. The molecule has 2 nitrogen and oxygen atoms in total. The summed E-state index contributed by atoms with van der Waals surface area (Å²) in [6, 6.07) is 19.3. The number of halogens is 1. The summed E-state index contributed by atoms with van der Waals surface area (Å²) < 4.78 is 7.44. The number of quaternary nitrogens is 1. The van der Waals surface area contributed by atoms with Crippen LogP contribution in [0.15, 0.2) is 54.6 Å². The van der Waals surface area contributed by atoms with Gasteiger partial charge in [0, 0.05) is 18.4 Å². The molecular weight excluding hydrogens is 378 g/mol. The quantitative estimate of drug-likeness (QED) is 0.538. The molecule has 29 heavy (non-hydrogen) atoms. The predicted octanol–water partition coefficient (Wildman–Crippen LogP) is 3.49. The number of aryl methyl sites for hydroxylation is 1. The smallest absolute Gasteiger partial charge is 0.143 e. The number of hydrogen-bond donors (Lipinski definition) is 0. The largest absolute Gasteiger partial charge is 1.00 e. The third kappa shape index (κ3) is 7.04.